The van der Waals surface area contributed by atoms with Crippen LogP contribution in [0.4, 0.5) is 5.69 Å². The minimum Gasteiger partial charge on any atom is -0.454 e. The highest BCUT2D eigenvalue weighted by atomic mass is 32.2. The zero-order valence-corrected chi connectivity index (χ0v) is 17.4. The number of thioether (sulfide) groups is 2. The third kappa shape index (κ3) is 3.66. The number of aromatic nitrogens is 2. The minimum atomic E-state index is -0.192. The molecule has 3 heterocycles. The second-order valence-electron chi connectivity index (χ2n) is 6.65. The summed E-state index contributed by atoms with van der Waals surface area (Å²) < 4.78 is 12.2. The van der Waals surface area contributed by atoms with E-state index in [2.05, 4.69) is 5.32 Å². The van der Waals surface area contributed by atoms with Gasteiger partial charge in [-0.05, 0) is 24.3 Å². The van der Waals surface area contributed by atoms with Crippen molar-refractivity contribution in [1.29, 1.82) is 0 Å². The maximum absolute atomic E-state index is 13.1. The molecule has 0 saturated heterocycles. The fraction of sp³-hybridized carbons (Fsp3) is 0.190. The first-order valence-electron chi connectivity index (χ1n) is 9.35. The molecule has 7 nitrogen and oxygen atoms in total. The predicted molar refractivity (Wildman–Crippen MR) is 116 cm³/mol. The normalized spacial score (nSPS) is 13.9. The average Bonchev–Trinajstić information content (AvgIpc) is 3.42. The number of benzene rings is 2. The maximum atomic E-state index is 13.1. The number of rotatable bonds is 5. The van der Waals surface area contributed by atoms with Crippen LogP contribution in [0.3, 0.4) is 0 Å². The molecule has 1 amide bonds. The van der Waals surface area contributed by atoms with Crippen LogP contribution in [0.5, 0.6) is 11.5 Å². The molecule has 0 aliphatic carbocycles. The number of para-hydroxylation sites is 1. The van der Waals surface area contributed by atoms with Gasteiger partial charge < -0.3 is 14.8 Å². The topological polar surface area (TPSA) is 82.5 Å². The molecular formula is C21H17N3O4S2. The minimum absolute atomic E-state index is 0.0765. The van der Waals surface area contributed by atoms with Gasteiger partial charge in [-0.25, -0.2) is 4.98 Å². The van der Waals surface area contributed by atoms with E-state index in [-0.39, 0.29) is 24.0 Å². The molecule has 0 spiro atoms. The molecule has 2 aliphatic rings. The van der Waals surface area contributed by atoms with Crippen molar-refractivity contribution in [2.24, 2.45) is 0 Å². The molecule has 9 heteroatoms. The number of anilines is 1. The van der Waals surface area contributed by atoms with Crippen molar-refractivity contribution in [3.8, 4) is 17.2 Å². The molecule has 0 bridgehead atoms. The number of carbonyl (C=O) groups is 1. The predicted octanol–water partition coefficient (Wildman–Crippen LogP) is 3.34. The van der Waals surface area contributed by atoms with Gasteiger partial charge >= 0.3 is 0 Å². The van der Waals surface area contributed by atoms with Crippen LogP contribution in [-0.4, -0.2) is 33.8 Å². The summed E-state index contributed by atoms with van der Waals surface area (Å²) in [5.41, 5.74) is 2.11. The molecular weight excluding hydrogens is 422 g/mol. The summed E-state index contributed by atoms with van der Waals surface area (Å²) in [6.07, 6.45) is 0.766. The van der Waals surface area contributed by atoms with E-state index < -0.39 is 0 Å². The first-order chi connectivity index (χ1) is 14.7. The number of nitrogens with one attached hydrogen (secondary N) is 1. The van der Waals surface area contributed by atoms with E-state index >= 15 is 0 Å². The van der Waals surface area contributed by atoms with Crippen molar-refractivity contribution >= 4 is 35.1 Å². The van der Waals surface area contributed by atoms with Crippen LogP contribution in [0.2, 0.25) is 0 Å². The second kappa shape index (κ2) is 8.08. The summed E-state index contributed by atoms with van der Waals surface area (Å²) >= 11 is 2.79. The molecule has 5 rings (SSSR count). The average molecular weight is 440 g/mol. The number of carbonyl (C=O) groups excluding carboxylic acids is 1. The van der Waals surface area contributed by atoms with E-state index in [0.717, 1.165) is 23.6 Å². The van der Waals surface area contributed by atoms with Gasteiger partial charge in [-0.15, -0.1) is 11.8 Å². The molecule has 0 atom stereocenters. The van der Waals surface area contributed by atoms with Gasteiger partial charge in [0.1, 0.15) is 0 Å². The van der Waals surface area contributed by atoms with Crippen molar-refractivity contribution in [2.75, 3.05) is 23.6 Å². The van der Waals surface area contributed by atoms with Gasteiger partial charge in [-0.3, -0.25) is 14.2 Å². The lowest BCUT2D eigenvalue weighted by atomic mass is 10.3. The van der Waals surface area contributed by atoms with E-state index in [1.165, 1.54) is 11.8 Å². The molecule has 1 aromatic heterocycles. The molecule has 2 aliphatic heterocycles. The van der Waals surface area contributed by atoms with Gasteiger partial charge in [0, 0.05) is 23.9 Å². The number of nitrogens with zero attached hydrogens (tertiary/aromatic N) is 2. The molecule has 0 unspecified atom stereocenters. The van der Waals surface area contributed by atoms with Crippen LogP contribution in [-0.2, 0) is 11.2 Å². The van der Waals surface area contributed by atoms with E-state index in [0.29, 0.717) is 27.2 Å². The van der Waals surface area contributed by atoms with Crippen molar-refractivity contribution in [3.63, 3.8) is 0 Å². The molecule has 152 valence electrons. The monoisotopic (exact) mass is 439 g/mol. The number of ether oxygens (including phenoxy) is 2. The fourth-order valence-corrected chi connectivity index (χ4v) is 5.15. The van der Waals surface area contributed by atoms with E-state index in [4.69, 9.17) is 14.5 Å². The SMILES string of the molecule is O=C(CSc1nc2c(c(=O)n1-c1ccccc1)SCC2)Nc1ccc2c(c1)OCO2. The van der Waals surface area contributed by atoms with Crippen molar-refractivity contribution in [1.82, 2.24) is 9.55 Å². The van der Waals surface area contributed by atoms with Crippen LogP contribution < -0.4 is 20.3 Å². The molecule has 0 saturated carbocycles. The summed E-state index contributed by atoms with van der Waals surface area (Å²) in [7, 11) is 0. The summed E-state index contributed by atoms with van der Waals surface area (Å²) in [5, 5.41) is 3.38. The highest BCUT2D eigenvalue weighted by molar-refractivity contribution is 8.00. The largest absolute Gasteiger partial charge is 0.454 e. The Balaban J connectivity index is 1.37. The maximum Gasteiger partial charge on any atom is 0.272 e. The Bertz CT molecular complexity index is 1180. The highest BCUT2D eigenvalue weighted by Gasteiger charge is 2.23. The zero-order valence-electron chi connectivity index (χ0n) is 15.8. The van der Waals surface area contributed by atoms with Gasteiger partial charge in [0.2, 0.25) is 12.7 Å². The molecule has 1 N–H and O–H groups in total. The number of fused-ring (bicyclic) bond motifs is 2. The Morgan fingerprint density at radius 3 is 2.87 bits per heavy atom. The van der Waals surface area contributed by atoms with Crippen LogP contribution in [0, 0.1) is 0 Å². The first kappa shape index (κ1) is 19.1. The molecule has 2 aromatic carbocycles. The van der Waals surface area contributed by atoms with Gasteiger partial charge in [0.25, 0.3) is 5.56 Å². The number of amides is 1. The Morgan fingerprint density at radius 1 is 1.17 bits per heavy atom. The second-order valence-corrected chi connectivity index (χ2v) is 8.70. The number of hydrogen-bond donors (Lipinski definition) is 1. The summed E-state index contributed by atoms with van der Waals surface area (Å²) in [5.74, 6) is 2.05. The van der Waals surface area contributed by atoms with Gasteiger partial charge in [-0.2, -0.15) is 0 Å². The molecule has 30 heavy (non-hydrogen) atoms. The lowest BCUT2D eigenvalue weighted by molar-refractivity contribution is -0.113. The van der Waals surface area contributed by atoms with E-state index in [1.807, 2.05) is 30.3 Å². The Kier molecular flexibility index (Phi) is 5.14. The van der Waals surface area contributed by atoms with Crippen molar-refractivity contribution in [3.05, 3.63) is 64.6 Å². The van der Waals surface area contributed by atoms with E-state index in [1.54, 1.807) is 34.5 Å². The Hall–Kier alpha value is -2.91. The highest BCUT2D eigenvalue weighted by Crippen LogP contribution is 2.34. The standard InChI is InChI=1S/C21H17N3O4S2/c25-18(22-13-6-7-16-17(10-13)28-12-27-16)11-30-21-23-15-8-9-29-19(15)20(26)24(21)14-4-2-1-3-5-14/h1-7,10H,8-9,11-12H2,(H,22,25). The van der Waals surface area contributed by atoms with E-state index in [9.17, 15) is 9.59 Å². The lowest BCUT2D eigenvalue weighted by Crippen LogP contribution is -2.24. The quantitative estimate of drug-likeness (QED) is 0.482. The molecule has 3 aromatic rings. The van der Waals surface area contributed by atoms with Crippen molar-refractivity contribution in [2.45, 2.75) is 16.5 Å². The van der Waals surface area contributed by atoms with Gasteiger partial charge in [0.15, 0.2) is 16.7 Å². The summed E-state index contributed by atoms with van der Waals surface area (Å²) in [6, 6.07) is 14.6. The molecule has 0 radical (unpaired) electrons. The summed E-state index contributed by atoms with van der Waals surface area (Å²) in [4.78, 5) is 31.0. The van der Waals surface area contributed by atoms with Gasteiger partial charge in [-0.1, -0.05) is 30.0 Å². The van der Waals surface area contributed by atoms with Crippen LogP contribution in [0.25, 0.3) is 5.69 Å². The summed E-state index contributed by atoms with van der Waals surface area (Å²) in [6.45, 7) is 0.182. The third-order valence-corrected chi connectivity index (χ3v) is 6.72. The van der Waals surface area contributed by atoms with Crippen LogP contribution in [0.15, 0.2) is 63.4 Å². The Labute approximate surface area is 180 Å². The number of hydrogen-bond acceptors (Lipinski definition) is 7. The zero-order chi connectivity index (χ0) is 20.5. The fourth-order valence-electron chi connectivity index (χ4n) is 3.30. The smallest absolute Gasteiger partial charge is 0.272 e. The number of aryl methyl sites for hydroxylation is 1. The van der Waals surface area contributed by atoms with Crippen molar-refractivity contribution < 1.29 is 14.3 Å². The lowest BCUT2D eigenvalue weighted by Gasteiger charge is -2.13. The third-order valence-electron chi connectivity index (χ3n) is 4.67. The van der Waals surface area contributed by atoms with Gasteiger partial charge in [0.05, 0.1) is 22.0 Å². The van der Waals surface area contributed by atoms with Crippen LogP contribution >= 0.6 is 23.5 Å². The molecule has 0 fully saturated rings. The Morgan fingerprint density at radius 2 is 2.00 bits per heavy atom. The van der Waals surface area contributed by atoms with Crippen LogP contribution in [0.1, 0.15) is 5.69 Å². The first-order valence-corrected chi connectivity index (χ1v) is 11.3.